The van der Waals surface area contributed by atoms with Crippen molar-refractivity contribution in [2.75, 3.05) is 6.61 Å². The molecule has 6 nitrogen and oxygen atoms in total. The molecule has 0 saturated heterocycles. The van der Waals surface area contributed by atoms with Crippen LogP contribution in [-0.2, 0) is 28.6 Å². The summed E-state index contributed by atoms with van der Waals surface area (Å²) in [6.07, 6.45) is 10.3. The second-order valence-electron chi connectivity index (χ2n) is 11.3. The highest BCUT2D eigenvalue weighted by Crippen LogP contribution is 2.66. The van der Waals surface area contributed by atoms with E-state index in [0.29, 0.717) is 30.3 Å². The van der Waals surface area contributed by atoms with Crippen molar-refractivity contribution >= 4 is 17.9 Å². The van der Waals surface area contributed by atoms with Gasteiger partial charge in [0.1, 0.15) is 12.2 Å². The first kappa shape index (κ1) is 24.3. The molecule has 4 rings (SSSR count). The summed E-state index contributed by atoms with van der Waals surface area (Å²) in [5.74, 6) is 1.03. The number of carbonyl (C=O) groups is 3. The average Bonchev–Trinajstić information content (AvgIpc) is 3.08. The quantitative estimate of drug-likeness (QED) is 0.327. The molecule has 0 bridgehead atoms. The van der Waals surface area contributed by atoms with E-state index in [1.165, 1.54) is 20.8 Å². The van der Waals surface area contributed by atoms with E-state index < -0.39 is 0 Å². The van der Waals surface area contributed by atoms with Gasteiger partial charge in [-0.1, -0.05) is 18.6 Å². The number of carbonyl (C=O) groups excluding carboxylic acids is 3. The summed E-state index contributed by atoms with van der Waals surface area (Å²) in [4.78, 5) is 35.0. The Labute approximate surface area is 197 Å². The van der Waals surface area contributed by atoms with Gasteiger partial charge in [0, 0.05) is 32.1 Å². The molecule has 0 aromatic carbocycles. The Hall–Kier alpha value is -1.85. The smallest absolute Gasteiger partial charge is 0.302 e. The SMILES string of the molecule is CC(=O)OC[C@]12CCC(OC(C)=O)CC1CC[C@H]1C3=CC[C@H](C(C)OC(C)=O)[C@@]3(C)CC[C@@H]12. The van der Waals surface area contributed by atoms with E-state index in [2.05, 4.69) is 13.0 Å². The molecule has 0 aromatic rings. The standard InChI is InChI=1S/C27H40O6/c1-16(32-18(3)29)23-8-9-24-22-7-6-20-14-21(33-19(4)30)10-13-27(20,15-31-17(2)28)25(22)11-12-26(23,24)5/h9,16,20-23,25H,6-8,10-15H2,1-5H3/t16?,20?,21?,22-,23+,25-,26+,27+/m0/s1. The van der Waals surface area contributed by atoms with Gasteiger partial charge in [0.25, 0.3) is 0 Å². The minimum Gasteiger partial charge on any atom is -0.465 e. The van der Waals surface area contributed by atoms with Crippen LogP contribution < -0.4 is 0 Å². The van der Waals surface area contributed by atoms with Gasteiger partial charge in [0.05, 0.1) is 6.61 Å². The summed E-state index contributed by atoms with van der Waals surface area (Å²) in [7, 11) is 0. The number of ether oxygens (including phenoxy) is 3. The fraction of sp³-hybridized carbons (Fsp3) is 0.815. The molecule has 0 N–H and O–H groups in total. The van der Waals surface area contributed by atoms with E-state index in [0.717, 1.165) is 51.4 Å². The van der Waals surface area contributed by atoms with E-state index in [1.807, 2.05) is 6.92 Å². The Kier molecular flexibility index (Phi) is 6.67. The van der Waals surface area contributed by atoms with Gasteiger partial charge < -0.3 is 14.2 Å². The molecule has 0 aromatic heterocycles. The largest absolute Gasteiger partial charge is 0.465 e. The van der Waals surface area contributed by atoms with Gasteiger partial charge in [0.15, 0.2) is 0 Å². The Balaban J connectivity index is 1.59. The first-order valence-corrected chi connectivity index (χ1v) is 12.7. The highest BCUT2D eigenvalue weighted by molar-refractivity contribution is 5.66. The fourth-order valence-corrected chi connectivity index (χ4v) is 8.29. The zero-order valence-electron chi connectivity index (χ0n) is 20.9. The van der Waals surface area contributed by atoms with E-state index in [1.54, 1.807) is 5.57 Å². The predicted octanol–water partition coefficient (Wildman–Crippen LogP) is 4.99. The summed E-state index contributed by atoms with van der Waals surface area (Å²) < 4.78 is 17.0. The monoisotopic (exact) mass is 460 g/mol. The molecule has 3 saturated carbocycles. The van der Waals surface area contributed by atoms with Crippen molar-refractivity contribution in [3.63, 3.8) is 0 Å². The zero-order chi connectivity index (χ0) is 24.0. The lowest BCUT2D eigenvalue weighted by Gasteiger charge is -2.60. The number of allylic oxidation sites excluding steroid dienone is 2. The highest BCUT2D eigenvalue weighted by Gasteiger charge is 2.60. The minimum atomic E-state index is -0.219. The second-order valence-corrected chi connectivity index (χ2v) is 11.3. The molecule has 0 aliphatic heterocycles. The van der Waals surface area contributed by atoms with Crippen LogP contribution in [0.2, 0.25) is 0 Å². The molecular weight excluding hydrogens is 420 g/mol. The highest BCUT2D eigenvalue weighted by atomic mass is 16.5. The number of fused-ring (bicyclic) bond motifs is 5. The first-order valence-electron chi connectivity index (χ1n) is 12.7. The van der Waals surface area contributed by atoms with Gasteiger partial charge in [-0.2, -0.15) is 0 Å². The van der Waals surface area contributed by atoms with Crippen LogP contribution >= 0.6 is 0 Å². The van der Waals surface area contributed by atoms with E-state index in [-0.39, 0.29) is 40.9 Å². The third kappa shape index (κ3) is 4.35. The number of hydrogen-bond acceptors (Lipinski definition) is 6. The summed E-state index contributed by atoms with van der Waals surface area (Å²) in [5, 5.41) is 0. The van der Waals surface area contributed by atoms with Crippen molar-refractivity contribution in [3.05, 3.63) is 11.6 Å². The van der Waals surface area contributed by atoms with Gasteiger partial charge in [-0.25, -0.2) is 0 Å². The Morgan fingerprint density at radius 3 is 2.45 bits per heavy atom. The lowest BCUT2D eigenvalue weighted by Crippen LogP contribution is -2.56. The number of esters is 3. The van der Waals surface area contributed by atoms with Crippen LogP contribution in [0.3, 0.4) is 0 Å². The minimum absolute atomic E-state index is 0.0250. The molecule has 3 fully saturated rings. The van der Waals surface area contributed by atoms with Crippen molar-refractivity contribution in [2.45, 2.75) is 98.2 Å². The maximum absolute atomic E-state index is 11.8. The third-order valence-electron chi connectivity index (χ3n) is 9.58. The van der Waals surface area contributed by atoms with Crippen molar-refractivity contribution in [1.82, 2.24) is 0 Å². The molecule has 0 radical (unpaired) electrons. The summed E-state index contributed by atoms with van der Waals surface area (Å²) >= 11 is 0. The third-order valence-corrected chi connectivity index (χ3v) is 9.58. The molecule has 4 aliphatic carbocycles. The summed E-state index contributed by atoms with van der Waals surface area (Å²) in [6, 6.07) is 0. The van der Waals surface area contributed by atoms with Gasteiger partial charge in [-0.05, 0) is 81.5 Å². The Bertz CT molecular complexity index is 832. The summed E-state index contributed by atoms with van der Waals surface area (Å²) in [5.41, 5.74) is 1.55. The predicted molar refractivity (Wildman–Crippen MR) is 123 cm³/mol. The average molecular weight is 461 g/mol. The number of rotatable bonds is 5. The lowest BCUT2D eigenvalue weighted by molar-refractivity contribution is -0.171. The molecule has 4 aliphatic rings. The van der Waals surface area contributed by atoms with Crippen molar-refractivity contribution in [3.8, 4) is 0 Å². The molecule has 0 spiro atoms. The second kappa shape index (κ2) is 9.07. The van der Waals surface area contributed by atoms with Crippen molar-refractivity contribution < 1.29 is 28.6 Å². The van der Waals surface area contributed by atoms with Gasteiger partial charge >= 0.3 is 17.9 Å². The maximum Gasteiger partial charge on any atom is 0.302 e. The van der Waals surface area contributed by atoms with Crippen LogP contribution in [0, 0.1) is 34.5 Å². The lowest BCUT2D eigenvalue weighted by atomic mass is 9.45. The molecule has 6 heteroatoms. The van der Waals surface area contributed by atoms with E-state index in [4.69, 9.17) is 14.2 Å². The van der Waals surface area contributed by atoms with Crippen LogP contribution in [-0.4, -0.2) is 36.7 Å². The molecule has 0 heterocycles. The van der Waals surface area contributed by atoms with Crippen molar-refractivity contribution in [1.29, 1.82) is 0 Å². The van der Waals surface area contributed by atoms with Crippen LogP contribution in [0.15, 0.2) is 11.6 Å². The number of hydrogen-bond donors (Lipinski definition) is 0. The van der Waals surface area contributed by atoms with Crippen molar-refractivity contribution in [2.24, 2.45) is 34.5 Å². The maximum atomic E-state index is 11.8. The van der Waals surface area contributed by atoms with Gasteiger partial charge in [-0.15, -0.1) is 0 Å². The van der Waals surface area contributed by atoms with E-state index >= 15 is 0 Å². The van der Waals surface area contributed by atoms with Crippen LogP contribution in [0.1, 0.15) is 86.0 Å². The molecule has 3 unspecified atom stereocenters. The molecule has 33 heavy (non-hydrogen) atoms. The van der Waals surface area contributed by atoms with Crippen LogP contribution in [0.5, 0.6) is 0 Å². The molecule has 184 valence electrons. The normalized spacial score (nSPS) is 40.4. The zero-order valence-corrected chi connectivity index (χ0v) is 20.9. The van der Waals surface area contributed by atoms with Crippen LogP contribution in [0.25, 0.3) is 0 Å². The fourth-order valence-electron chi connectivity index (χ4n) is 8.29. The summed E-state index contributed by atoms with van der Waals surface area (Å²) in [6.45, 7) is 9.35. The first-order chi connectivity index (χ1) is 15.6. The van der Waals surface area contributed by atoms with Crippen LogP contribution in [0.4, 0.5) is 0 Å². The molecule has 8 atom stereocenters. The topological polar surface area (TPSA) is 78.9 Å². The molecule has 0 amide bonds. The Morgan fingerprint density at radius 2 is 1.79 bits per heavy atom. The Morgan fingerprint density at radius 1 is 1.03 bits per heavy atom. The van der Waals surface area contributed by atoms with Gasteiger partial charge in [0.2, 0.25) is 0 Å². The van der Waals surface area contributed by atoms with Gasteiger partial charge in [-0.3, -0.25) is 14.4 Å². The van der Waals surface area contributed by atoms with E-state index in [9.17, 15) is 14.4 Å². The molecular formula is C27H40O6.